The van der Waals surface area contributed by atoms with Crippen molar-refractivity contribution in [1.82, 2.24) is 14.7 Å². The first-order valence-electron chi connectivity index (χ1n) is 8.59. The molecule has 1 saturated heterocycles. The SMILES string of the molecule is CCn1nc(CN2CCC(C3(O)CC3)CC2)c2ccccc21. The minimum atomic E-state index is -0.303. The van der Waals surface area contributed by atoms with Gasteiger partial charge in [0, 0.05) is 18.5 Å². The number of fused-ring (bicyclic) bond motifs is 1. The molecule has 118 valence electrons. The molecule has 0 amide bonds. The third kappa shape index (κ3) is 2.44. The molecule has 0 spiro atoms. The van der Waals surface area contributed by atoms with Crippen molar-refractivity contribution in [2.75, 3.05) is 13.1 Å². The van der Waals surface area contributed by atoms with Crippen molar-refractivity contribution in [2.45, 2.75) is 51.3 Å². The lowest BCUT2D eigenvalue weighted by Gasteiger charge is -2.34. The number of aromatic nitrogens is 2. The van der Waals surface area contributed by atoms with Gasteiger partial charge in [-0.05, 0) is 57.7 Å². The first-order chi connectivity index (χ1) is 10.7. The van der Waals surface area contributed by atoms with Crippen molar-refractivity contribution in [3.63, 3.8) is 0 Å². The second kappa shape index (κ2) is 5.36. The van der Waals surface area contributed by atoms with Gasteiger partial charge in [-0.15, -0.1) is 0 Å². The normalized spacial score (nSPS) is 22.3. The summed E-state index contributed by atoms with van der Waals surface area (Å²) in [5.74, 6) is 0.522. The molecule has 0 atom stereocenters. The van der Waals surface area contributed by atoms with Crippen molar-refractivity contribution in [3.8, 4) is 0 Å². The lowest BCUT2D eigenvalue weighted by atomic mass is 9.89. The maximum Gasteiger partial charge on any atom is 0.0843 e. The van der Waals surface area contributed by atoms with Crippen LogP contribution in [-0.4, -0.2) is 38.5 Å². The highest BCUT2D eigenvalue weighted by Crippen LogP contribution is 2.46. The molecule has 0 unspecified atom stereocenters. The van der Waals surface area contributed by atoms with Crippen molar-refractivity contribution in [3.05, 3.63) is 30.0 Å². The van der Waals surface area contributed by atoms with Gasteiger partial charge in [0.05, 0.1) is 16.8 Å². The summed E-state index contributed by atoms with van der Waals surface area (Å²) in [7, 11) is 0. The van der Waals surface area contributed by atoms with Crippen LogP contribution in [-0.2, 0) is 13.1 Å². The number of piperidine rings is 1. The summed E-state index contributed by atoms with van der Waals surface area (Å²) in [6.07, 6.45) is 4.29. The predicted molar refractivity (Wildman–Crippen MR) is 87.6 cm³/mol. The van der Waals surface area contributed by atoms with Crippen LogP contribution < -0.4 is 0 Å². The topological polar surface area (TPSA) is 41.3 Å². The van der Waals surface area contributed by atoms with Crippen LogP contribution in [0, 0.1) is 5.92 Å². The summed E-state index contributed by atoms with van der Waals surface area (Å²) < 4.78 is 2.10. The van der Waals surface area contributed by atoms with E-state index in [0.29, 0.717) is 5.92 Å². The molecule has 4 rings (SSSR count). The molecule has 4 heteroatoms. The Bertz CT molecular complexity index is 666. The fourth-order valence-electron chi connectivity index (χ4n) is 3.93. The predicted octanol–water partition coefficient (Wildman–Crippen LogP) is 2.79. The van der Waals surface area contributed by atoms with Crippen molar-refractivity contribution in [1.29, 1.82) is 0 Å². The van der Waals surface area contributed by atoms with Gasteiger partial charge in [0.25, 0.3) is 0 Å². The third-order valence-corrected chi connectivity index (χ3v) is 5.52. The summed E-state index contributed by atoms with van der Waals surface area (Å²) in [4.78, 5) is 2.50. The highest BCUT2D eigenvalue weighted by Gasteiger charge is 2.48. The highest BCUT2D eigenvalue weighted by molar-refractivity contribution is 5.81. The van der Waals surface area contributed by atoms with Crippen molar-refractivity contribution in [2.24, 2.45) is 5.92 Å². The van der Waals surface area contributed by atoms with Crippen LogP contribution in [0.5, 0.6) is 0 Å². The molecule has 1 saturated carbocycles. The van der Waals surface area contributed by atoms with E-state index in [1.807, 2.05) is 0 Å². The van der Waals surface area contributed by atoms with Gasteiger partial charge in [0.2, 0.25) is 0 Å². The van der Waals surface area contributed by atoms with E-state index in [1.54, 1.807) is 0 Å². The molecule has 4 nitrogen and oxygen atoms in total. The fourth-order valence-corrected chi connectivity index (χ4v) is 3.93. The molecule has 0 bridgehead atoms. The van der Waals surface area contributed by atoms with E-state index < -0.39 is 0 Å². The van der Waals surface area contributed by atoms with Crippen molar-refractivity contribution < 1.29 is 5.11 Å². The summed E-state index contributed by atoms with van der Waals surface area (Å²) in [6.45, 7) is 6.15. The van der Waals surface area contributed by atoms with Gasteiger partial charge in [0.15, 0.2) is 0 Å². The molecule has 0 radical (unpaired) electrons. The lowest BCUT2D eigenvalue weighted by molar-refractivity contribution is 0.0373. The van der Waals surface area contributed by atoms with Crippen molar-refractivity contribution >= 4 is 10.9 Å². The minimum absolute atomic E-state index is 0.303. The van der Waals surface area contributed by atoms with Crippen LogP contribution in [0.3, 0.4) is 0 Å². The molecule has 1 aliphatic carbocycles. The van der Waals surface area contributed by atoms with E-state index in [4.69, 9.17) is 5.10 Å². The van der Waals surface area contributed by atoms with Crippen LogP contribution in [0.15, 0.2) is 24.3 Å². The maximum atomic E-state index is 10.3. The van der Waals surface area contributed by atoms with Crippen LogP contribution in [0.4, 0.5) is 0 Å². The van der Waals surface area contributed by atoms with E-state index in [0.717, 1.165) is 51.9 Å². The standard InChI is InChI=1S/C18H25N3O/c1-2-21-17-6-4-3-5-15(17)16(19-21)13-20-11-7-14(8-12-20)18(22)9-10-18/h3-6,14,22H,2,7-13H2,1H3. The molecule has 1 aliphatic heterocycles. The molecule has 2 aliphatic rings. The number of likely N-dealkylation sites (tertiary alicyclic amines) is 1. The summed E-state index contributed by atoms with van der Waals surface area (Å²) >= 11 is 0. The Hall–Kier alpha value is -1.39. The second-order valence-electron chi connectivity index (χ2n) is 6.93. The number of para-hydroxylation sites is 1. The monoisotopic (exact) mass is 299 g/mol. The van der Waals surface area contributed by atoms with E-state index in [-0.39, 0.29) is 5.60 Å². The van der Waals surface area contributed by atoms with Gasteiger partial charge in [-0.3, -0.25) is 9.58 Å². The summed E-state index contributed by atoms with van der Waals surface area (Å²) in [5.41, 5.74) is 2.13. The average molecular weight is 299 g/mol. The molecule has 22 heavy (non-hydrogen) atoms. The highest BCUT2D eigenvalue weighted by atomic mass is 16.3. The molecule has 2 aromatic rings. The zero-order valence-electron chi connectivity index (χ0n) is 13.3. The smallest absolute Gasteiger partial charge is 0.0843 e. The van der Waals surface area contributed by atoms with Crippen LogP contribution in [0.1, 0.15) is 38.3 Å². The molecular weight excluding hydrogens is 274 g/mol. The van der Waals surface area contributed by atoms with E-state index in [2.05, 4.69) is 40.8 Å². The van der Waals surface area contributed by atoms with Gasteiger partial charge >= 0.3 is 0 Å². The molecule has 2 heterocycles. The fraction of sp³-hybridized carbons (Fsp3) is 0.611. The first-order valence-corrected chi connectivity index (χ1v) is 8.59. The Balaban J connectivity index is 1.48. The number of nitrogens with zero attached hydrogens (tertiary/aromatic N) is 3. The Kier molecular flexibility index (Phi) is 3.46. The Morgan fingerprint density at radius 1 is 1.23 bits per heavy atom. The van der Waals surface area contributed by atoms with Crippen LogP contribution in [0.2, 0.25) is 0 Å². The number of rotatable bonds is 4. The number of aryl methyl sites for hydroxylation is 1. The Morgan fingerprint density at radius 2 is 1.95 bits per heavy atom. The number of benzene rings is 1. The van der Waals surface area contributed by atoms with Gasteiger partial charge in [-0.1, -0.05) is 18.2 Å². The number of hydrogen-bond acceptors (Lipinski definition) is 3. The average Bonchev–Trinajstić information content (AvgIpc) is 3.21. The molecular formula is C18H25N3O. The molecule has 1 aromatic heterocycles. The van der Waals surface area contributed by atoms with Crippen LogP contribution >= 0.6 is 0 Å². The Morgan fingerprint density at radius 3 is 2.64 bits per heavy atom. The largest absolute Gasteiger partial charge is 0.390 e. The van der Waals surface area contributed by atoms with E-state index in [9.17, 15) is 5.11 Å². The number of aliphatic hydroxyl groups is 1. The summed E-state index contributed by atoms with van der Waals surface area (Å²) in [6, 6.07) is 8.53. The molecule has 1 N–H and O–H groups in total. The van der Waals surface area contributed by atoms with Gasteiger partial charge in [0.1, 0.15) is 0 Å². The first kappa shape index (κ1) is 14.2. The van der Waals surface area contributed by atoms with E-state index in [1.165, 1.54) is 16.6 Å². The van der Waals surface area contributed by atoms with Gasteiger partial charge in [-0.25, -0.2) is 0 Å². The van der Waals surface area contributed by atoms with E-state index >= 15 is 0 Å². The van der Waals surface area contributed by atoms with Gasteiger partial charge < -0.3 is 5.11 Å². The lowest BCUT2D eigenvalue weighted by Crippen LogP contribution is -2.38. The third-order valence-electron chi connectivity index (χ3n) is 5.52. The number of hydrogen-bond donors (Lipinski definition) is 1. The zero-order chi connectivity index (χ0) is 15.2. The van der Waals surface area contributed by atoms with Gasteiger partial charge in [-0.2, -0.15) is 5.10 Å². The quantitative estimate of drug-likeness (QED) is 0.944. The maximum absolute atomic E-state index is 10.3. The Labute approximate surface area is 131 Å². The minimum Gasteiger partial charge on any atom is -0.390 e. The van der Waals surface area contributed by atoms with Crippen LogP contribution in [0.25, 0.3) is 10.9 Å². The molecule has 2 fully saturated rings. The second-order valence-corrected chi connectivity index (χ2v) is 6.93. The zero-order valence-corrected chi connectivity index (χ0v) is 13.3. The summed E-state index contributed by atoms with van der Waals surface area (Å²) in [5, 5.41) is 16.4. The molecule has 1 aromatic carbocycles.